The number of fused-ring (bicyclic) bond motifs is 1. The average Bonchev–Trinajstić information content (AvgIpc) is 2.18. The lowest BCUT2D eigenvalue weighted by Gasteiger charge is -2.27. The first-order valence-electron chi connectivity index (χ1n) is 4.32. The van der Waals surface area contributed by atoms with Crippen molar-refractivity contribution in [2.75, 3.05) is 11.4 Å². The third kappa shape index (κ3) is 1.24. The quantitative estimate of drug-likeness (QED) is 0.699. The molecular weight excluding hydrogens is 166 g/mol. The van der Waals surface area contributed by atoms with Crippen LogP contribution in [0.2, 0.25) is 0 Å². The number of pyridine rings is 1. The van der Waals surface area contributed by atoms with E-state index in [1.54, 1.807) is 11.1 Å². The van der Waals surface area contributed by atoms with Crippen LogP contribution in [0.5, 0.6) is 0 Å². The van der Waals surface area contributed by atoms with Gasteiger partial charge in [-0.2, -0.15) is 0 Å². The van der Waals surface area contributed by atoms with E-state index in [0.717, 1.165) is 11.4 Å². The summed E-state index contributed by atoms with van der Waals surface area (Å²) in [7, 11) is 0. The van der Waals surface area contributed by atoms with Crippen LogP contribution < -0.4 is 10.2 Å². The van der Waals surface area contributed by atoms with E-state index in [1.165, 1.54) is 0 Å². The zero-order valence-corrected chi connectivity index (χ0v) is 7.45. The molecule has 0 aromatic carbocycles. The molecule has 1 aromatic rings. The van der Waals surface area contributed by atoms with Gasteiger partial charge >= 0.3 is 6.03 Å². The fraction of sp³-hybridized carbons (Fsp3) is 0.333. The van der Waals surface area contributed by atoms with Crippen LogP contribution in [0.3, 0.4) is 0 Å². The van der Waals surface area contributed by atoms with E-state index < -0.39 is 0 Å². The Morgan fingerprint density at radius 1 is 1.69 bits per heavy atom. The van der Waals surface area contributed by atoms with Crippen LogP contribution in [0.1, 0.15) is 12.5 Å². The summed E-state index contributed by atoms with van der Waals surface area (Å²) in [6.07, 6.45) is 1.71. The highest BCUT2D eigenvalue weighted by atomic mass is 16.2. The minimum absolute atomic E-state index is 0.0614. The monoisotopic (exact) mass is 177 g/mol. The lowest BCUT2D eigenvalue weighted by atomic mass is 10.2. The third-order valence-electron chi connectivity index (χ3n) is 2.11. The van der Waals surface area contributed by atoms with Crippen LogP contribution in [-0.4, -0.2) is 17.6 Å². The number of carbonyl (C=O) groups is 1. The van der Waals surface area contributed by atoms with Crippen LogP contribution in [0, 0.1) is 0 Å². The molecule has 0 atom stereocenters. The number of carbonyl (C=O) groups excluding carboxylic acids is 1. The predicted molar refractivity (Wildman–Crippen MR) is 49.5 cm³/mol. The second kappa shape index (κ2) is 3.05. The highest BCUT2D eigenvalue weighted by Crippen LogP contribution is 2.20. The zero-order chi connectivity index (χ0) is 9.26. The second-order valence-corrected chi connectivity index (χ2v) is 2.89. The Bertz CT molecular complexity index is 337. The fourth-order valence-electron chi connectivity index (χ4n) is 1.47. The van der Waals surface area contributed by atoms with E-state index in [2.05, 4.69) is 10.3 Å². The standard InChI is InChI=1S/C9H11N3O/c1-2-12-8-7(4-3-5-10-8)6-11-9(12)13/h3-5H,2,6H2,1H3,(H,11,13). The molecule has 4 heteroatoms. The molecule has 0 fully saturated rings. The number of aromatic nitrogens is 1. The smallest absolute Gasteiger partial charge is 0.323 e. The maximum Gasteiger partial charge on any atom is 0.323 e. The van der Waals surface area contributed by atoms with Gasteiger partial charge < -0.3 is 5.32 Å². The molecule has 1 N–H and O–H groups in total. The first-order chi connectivity index (χ1) is 6.33. The summed E-state index contributed by atoms with van der Waals surface area (Å²) in [5, 5.41) is 2.79. The molecule has 13 heavy (non-hydrogen) atoms. The Morgan fingerprint density at radius 3 is 3.31 bits per heavy atom. The Labute approximate surface area is 76.6 Å². The van der Waals surface area contributed by atoms with Gasteiger partial charge in [0.15, 0.2) is 0 Å². The summed E-state index contributed by atoms with van der Waals surface area (Å²) in [5.74, 6) is 0.786. The predicted octanol–water partition coefficient (Wildman–Crippen LogP) is 1.13. The molecule has 1 aliphatic rings. The Morgan fingerprint density at radius 2 is 2.54 bits per heavy atom. The number of nitrogens with one attached hydrogen (secondary N) is 1. The van der Waals surface area contributed by atoms with Crippen molar-refractivity contribution in [3.63, 3.8) is 0 Å². The van der Waals surface area contributed by atoms with Gasteiger partial charge in [0.25, 0.3) is 0 Å². The van der Waals surface area contributed by atoms with Crippen molar-refractivity contribution in [2.24, 2.45) is 0 Å². The Balaban J connectivity index is 2.45. The van der Waals surface area contributed by atoms with Crippen molar-refractivity contribution < 1.29 is 4.79 Å². The topological polar surface area (TPSA) is 45.2 Å². The van der Waals surface area contributed by atoms with Crippen LogP contribution in [0.4, 0.5) is 10.6 Å². The van der Waals surface area contributed by atoms with E-state index in [1.807, 2.05) is 19.1 Å². The molecule has 1 aromatic heterocycles. The van der Waals surface area contributed by atoms with Crippen molar-refractivity contribution >= 4 is 11.8 Å². The second-order valence-electron chi connectivity index (χ2n) is 2.89. The molecule has 0 radical (unpaired) electrons. The first-order valence-corrected chi connectivity index (χ1v) is 4.32. The van der Waals surface area contributed by atoms with Gasteiger partial charge in [-0.3, -0.25) is 4.90 Å². The molecule has 2 rings (SSSR count). The molecule has 68 valence electrons. The van der Waals surface area contributed by atoms with E-state index in [9.17, 15) is 4.79 Å². The number of urea groups is 1. The molecule has 1 aliphatic heterocycles. The molecule has 2 heterocycles. The molecule has 0 saturated carbocycles. The van der Waals surface area contributed by atoms with Crippen molar-refractivity contribution in [3.8, 4) is 0 Å². The normalized spacial score (nSPS) is 15.2. The molecule has 0 spiro atoms. The van der Waals surface area contributed by atoms with Gasteiger partial charge in [-0.05, 0) is 13.0 Å². The van der Waals surface area contributed by atoms with Crippen molar-refractivity contribution in [1.29, 1.82) is 0 Å². The molecule has 4 nitrogen and oxygen atoms in total. The molecule has 0 aliphatic carbocycles. The van der Waals surface area contributed by atoms with Gasteiger partial charge in [0.1, 0.15) is 5.82 Å². The number of anilines is 1. The summed E-state index contributed by atoms with van der Waals surface area (Å²) < 4.78 is 0. The van der Waals surface area contributed by atoms with Crippen molar-refractivity contribution in [2.45, 2.75) is 13.5 Å². The van der Waals surface area contributed by atoms with E-state index >= 15 is 0 Å². The van der Waals surface area contributed by atoms with Gasteiger partial charge in [0.2, 0.25) is 0 Å². The van der Waals surface area contributed by atoms with Gasteiger partial charge in [0, 0.05) is 24.8 Å². The summed E-state index contributed by atoms with van der Waals surface area (Å²) in [4.78, 5) is 17.2. The maximum absolute atomic E-state index is 11.4. The summed E-state index contributed by atoms with van der Waals surface area (Å²) in [5.41, 5.74) is 1.07. The molecule has 2 amide bonds. The molecule has 0 saturated heterocycles. The SMILES string of the molecule is CCN1C(=O)NCc2cccnc21. The van der Waals surface area contributed by atoms with Gasteiger partial charge in [-0.1, -0.05) is 6.07 Å². The fourth-order valence-corrected chi connectivity index (χ4v) is 1.47. The number of hydrogen-bond acceptors (Lipinski definition) is 2. The van der Waals surface area contributed by atoms with E-state index in [4.69, 9.17) is 0 Å². The lowest BCUT2D eigenvalue weighted by Crippen LogP contribution is -2.44. The van der Waals surface area contributed by atoms with Crippen LogP contribution in [0.15, 0.2) is 18.3 Å². The minimum Gasteiger partial charge on any atom is -0.333 e. The average molecular weight is 177 g/mol. The van der Waals surface area contributed by atoms with Crippen LogP contribution in [0.25, 0.3) is 0 Å². The number of nitrogens with zero attached hydrogens (tertiary/aromatic N) is 2. The van der Waals surface area contributed by atoms with Crippen LogP contribution >= 0.6 is 0 Å². The van der Waals surface area contributed by atoms with Gasteiger partial charge in [0.05, 0.1) is 0 Å². The Hall–Kier alpha value is -1.58. The largest absolute Gasteiger partial charge is 0.333 e. The van der Waals surface area contributed by atoms with E-state index in [-0.39, 0.29) is 6.03 Å². The van der Waals surface area contributed by atoms with Crippen LogP contribution in [-0.2, 0) is 6.54 Å². The number of rotatable bonds is 1. The minimum atomic E-state index is -0.0614. The van der Waals surface area contributed by atoms with E-state index in [0.29, 0.717) is 13.1 Å². The lowest BCUT2D eigenvalue weighted by molar-refractivity contribution is 0.244. The highest BCUT2D eigenvalue weighted by molar-refractivity contribution is 5.93. The first kappa shape index (κ1) is 8.04. The number of hydrogen-bond donors (Lipinski definition) is 1. The maximum atomic E-state index is 11.4. The molecule has 0 bridgehead atoms. The van der Waals surface area contributed by atoms with Crippen molar-refractivity contribution in [3.05, 3.63) is 23.9 Å². The molecular formula is C9H11N3O. The third-order valence-corrected chi connectivity index (χ3v) is 2.11. The van der Waals surface area contributed by atoms with Crippen molar-refractivity contribution in [1.82, 2.24) is 10.3 Å². The van der Waals surface area contributed by atoms with Gasteiger partial charge in [-0.25, -0.2) is 9.78 Å². The molecule has 0 unspecified atom stereocenters. The number of amides is 2. The Kier molecular flexibility index (Phi) is 1.88. The summed E-state index contributed by atoms with van der Waals surface area (Å²) >= 11 is 0. The summed E-state index contributed by atoms with van der Waals surface area (Å²) in [6.45, 7) is 3.16. The highest BCUT2D eigenvalue weighted by Gasteiger charge is 2.22. The zero-order valence-electron chi connectivity index (χ0n) is 7.45. The van der Waals surface area contributed by atoms with Gasteiger partial charge in [-0.15, -0.1) is 0 Å². The summed E-state index contributed by atoms with van der Waals surface area (Å²) in [6, 6.07) is 3.79.